The summed E-state index contributed by atoms with van der Waals surface area (Å²) in [4.78, 5) is 24.0. The first kappa shape index (κ1) is 18.9. The Balaban J connectivity index is 1.49. The quantitative estimate of drug-likeness (QED) is 0.673. The average Bonchev–Trinajstić information content (AvgIpc) is 2.87. The number of aryl methyl sites for hydroxylation is 1. The molecule has 2 aromatic carbocycles. The van der Waals surface area contributed by atoms with Crippen LogP contribution in [0.25, 0.3) is 0 Å². The maximum Gasteiger partial charge on any atom is 0.344 e. The van der Waals surface area contributed by atoms with E-state index >= 15 is 0 Å². The van der Waals surface area contributed by atoms with Crippen molar-refractivity contribution in [2.24, 2.45) is 0 Å². The lowest BCUT2D eigenvalue weighted by Gasteiger charge is -2.15. The van der Waals surface area contributed by atoms with E-state index in [1.54, 1.807) is 24.3 Å². The fourth-order valence-corrected chi connectivity index (χ4v) is 4.25. The van der Waals surface area contributed by atoms with Crippen molar-refractivity contribution < 1.29 is 27.5 Å². The molecule has 0 saturated heterocycles. The van der Waals surface area contributed by atoms with Crippen LogP contribution < -0.4 is 4.74 Å². The van der Waals surface area contributed by atoms with Crippen molar-refractivity contribution in [1.29, 1.82) is 0 Å². The number of hydrogen-bond donors (Lipinski definition) is 0. The Kier molecular flexibility index (Phi) is 5.46. The van der Waals surface area contributed by atoms with E-state index in [9.17, 15) is 18.0 Å². The SMILES string of the molecule is CCc1ccc(OCC(=O)OCCN2C(=O)c3ccccc3S2(=O)=O)cc1. The fourth-order valence-electron chi connectivity index (χ4n) is 2.70. The van der Waals surface area contributed by atoms with Crippen molar-refractivity contribution >= 4 is 21.9 Å². The number of rotatable bonds is 7. The molecular weight excluding hydrogens is 370 g/mol. The van der Waals surface area contributed by atoms with Crippen molar-refractivity contribution in [3.05, 3.63) is 59.7 Å². The third-order valence-electron chi connectivity index (χ3n) is 4.16. The zero-order valence-electron chi connectivity index (χ0n) is 14.8. The van der Waals surface area contributed by atoms with Crippen molar-refractivity contribution in [1.82, 2.24) is 4.31 Å². The van der Waals surface area contributed by atoms with Gasteiger partial charge in [0, 0.05) is 0 Å². The van der Waals surface area contributed by atoms with Crippen LogP contribution in [0.2, 0.25) is 0 Å². The van der Waals surface area contributed by atoms with Gasteiger partial charge >= 0.3 is 5.97 Å². The molecule has 7 nitrogen and oxygen atoms in total. The summed E-state index contributed by atoms with van der Waals surface area (Å²) in [6, 6.07) is 13.3. The van der Waals surface area contributed by atoms with E-state index in [1.807, 2.05) is 19.1 Å². The highest BCUT2D eigenvalue weighted by atomic mass is 32.2. The summed E-state index contributed by atoms with van der Waals surface area (Å²) in [5.41, 5.74) is 1.28. The molecule has 1 amide bonds. The van der Waals surface area contributed by atoms with Crippen LogP contribution in [0.3, 0.4) is 0 Å². The minimum absolute atomic E-state index is 0.0276. The zero-order chi connectivity index (χ0) is 19.4. The Bertz CT molecular complexity index is 952. The lowest BCUT2D eigenvalue weighted by atomic mass is 10.2. The van der Waals surface area contributed by atoms with Gasteiger partial charge in [0.05, 0.1) is 12.1 Å². The topological polar surface area (TPSA) is 90.0 Å². The van der Waals surface area contributed by atoms with E-state index in [0.29, 0.717) is 5.75 Å². The molecule has 0 spiro atoms. The largest absolute Gasteiger partial charge is 0.482 e. The summed E-state index contributed by atoms with van der Waals surface area (Å²) in [5, 5.41) is 0. The van der Waals surface area contributed by atoms with Gasteiger partial charge < -0.3 is 9.47 Å². The highest BCUT2D eigenvalue weighted by molar-refractivity contribution is 7.90. The number of benzene rings is 2. The molecule has 8 heteroatoms. The second-order valence-corrected chi connectivity index (χ2v) is 7.72. The molecule has 2 aromatic rings. The lowest BCUT2D eigenvalue weighted by Crippen LogP contribution is -2.34. The van der Waals surface area contributed by atoms with Gasteiger partial charge in [-0.05, 0) is 36.2 Å². The summed E-state index contributed by atoms with van der Waals surface area (Å²) in [5.74, 6) is -0.720. The summed E-state index contributed by atoms with van der Waals surface area (Å²) in [6.07, 6.45) is 0.907. The Morgan fingerprint density at radius 1 is 1.07 bits per heavy atom. The molecule has 1 heterocycles. The number of carbonyl (C=O) groups excluding carboxylic acids is 2. The molecule has 142 valence electrons. The Hall–Kier alpha value is -2.87. The molecule has 0 N–H and O–H groups in total. The number of esters is 1. The van der Waals surface area contributed by atoms with Gasteiger partial charge in [-0.3, -0.25) is 4.79 Å². The normalized spacial score (nSPS) is 14.7. The highest BCUT2D eigenvalue weighted by Crippen LogP contribution is 2.29. The Morgan fingerprint density at radius 3 is 2.44 bits per heavy atom. The number of sulfonamides is 1. The van der Waals surface area contributed by atoms with Gasteiger partial charge in [0.2, 0.25) is 0 Å². The van der Waals surface area contributed by atoms with Crippen LogP contribution in [0.4, 0.5) is 0 Å². The van der Waals surface area contributed by atoms with Crippen molar-refractivity contribution in [2.75, 3.05) is 19.8 Å². The third-order valence-corrected chi connectivity index (χ3v) is 6.00. The van der Waals surface area contributed by atoms with Gasteiger partial charge in [-0.1, -0.05) is 31.2 Å². The smallest absolute Gasteiger partial charge is 0.344 e. The molecule has 0 atom stereocenters. The molecule has 0 bridgehead atoms. The van der Waals surface area contributed by atoms with Crippen LogP contribution in [0.1, 0.15) is 22.8 Å². The van der Waals surface area contributed by atoms with Crippen LogP contribution in [0, 0.1) is 0 Å². The Labute approximate surface area is 157 Å². The molecule has 0 aromatic heterocycles. The minimum Gasteiger partial charge on any atom is -0.482 e. The fraction of sp³-hybridized carbons (Fsp3) is 0.263. The maximum atomic E-state index is 12.4. The summed E-state index contributed by atoms with van der Waals surface area (Å²) in [7, 11) is -3.89. The molecule has 0 fully saturated rings. The molecular formula is C19H19NO6S. The number of nitrogens with zero attached hydrogens (tertiary/aromatic N) is 1. The van der Waals surface area contributed by atoms with E-state index in [-0.39, 0.29) is 30.2 Å². The summed E-state index contributed by atoms with van der Waals surface area (Å²) < 4.78 is 35.8. The Morgan fingerprint density at radius 2 is 1.78 bits per heavy atom. The van der Waals surface area contributed by atoms with Crippen LogP contribution in [0.15, 0.2) is 53.4 Å². The van der Waals surface area contributed by atoms with Crippen molar-refractivity contribution in [3.63, 3.8) is 0 Å². The highest BCUT2D eigenvalue weighted by Gasteiger charge is 2.40. The summed E-state index contributed by atoms with van der Waals surface area (Å²) in [6.45, 7) is 1.26. The first-order chi connectivity index (χ1) is 12.9. The predicted molar refractivity (Wildman–Crippen MR) is 96.9 cm³/mol. The first-order valence-corrected chi connectivity index (χ1v) is 9.91. The molecule has 1 aliphatic heterocycles. The standard InChI is InChI=1S/C19H19NO6S/c1-2-14-7-9-15(10-8-14)26-13-18(21)25-12-11-20-19(22)16-5-3-4-6-17(16)27(20,23)24/h3-10H,2,11-13H2,1H3. The van der Waals surface area contributed by atoms with Gasteiger partial charge in [-0.2, -0.15) is 0 Å². The third kappa shape index (κ3) is 3.95. The van der Waals surface area contributed by atoms with Gasteiger partial charge in [-0.25, -0.2) is 17.5 Å². The van der Waals surface area contributed by atoms with Crippen LogP contribution >= 0.6 is 0 Å². The predicted octanol–water partition coefficient (Wildman–Crippen LogP) is 2.02. The van der Waals surface area contributed by atoms with Crippen LogP contribution in [0.5, 0.6) is 5.75 Å². The van der Waals surface area contributed by atoms with Crippen LogP contribution in [-0.2, 0) is 26.0 Å². The minimum atomic E-state index is -3.89. The molecule has 0 radical (unpaired) electrons. The first-order valence-electron chi connectivity index (χ1n) is 8.47. The van der Waals surface area contributed by atoms with Gasteiger partial charge in [0.1, 0.15) is 17.3 Å². The zero-order valence-corrected chi connectivity index (χ0v) is 15.6. The van der Waals surface area contributed by atoms with Gasteiger partial charge in [0.15, 0.2) is 6.61 Å². The lowest BCUT2D eigenvalue weighted by molar-refractivity contribution is -0.146. The number of carbonyl (C=O) groups is 2. The number of hydrogen-bond acceptors (Lipinski definition) is 6. The van der Waals surface area contributed by atoms with Crippen molar-refractivity contribution in [2.45, 2.75) is 18.2 Å². The molecule has 3 rings (SSSR count). The van der Waals surface area contributed by atoms with E-state index in [0.717, 1.165) is 16.3 Å². The summed E-state index contributed by atoms with van der Waals surface area (Å²) >= 11 is 0. The van der Waals surface area contributed by atoms with E-state index in [4.69, 9.17) is 9.47 Å². The molecule has 1 aliphatic rings. The van der Waals surface area contributed by atoms with Crippen LogP contribution in [-0.4, -0.2) is 44.4 Å². The van der Waals surface area contributed by atoms with Crippen molar-refractivity contribution in [3.8, 4) is 5.75 Å². The molecule has 0 unspecified atom stereocenters. The van der Waals surface area contributed by atoms with E-state index < -0.39 is 21.9 Å². The second kappa shape index (κ2) is 7.79. The number of fused-ring (bicyclic) bond motifs is 1. The average molecular weight is 389 g/mol. The van der Waals surface area contributed by atoms with Gasteiger partial charge in [-0.15, -0.1) is 0 Å². The molecule has 0 saturated carbocycles. The number of amides is 1. The molecule has 27 heavy (non-hydrogen) atoms. The monoisotopic (exact) mass is 389 g/mol. The number of ether oxygens (including phenoxy) is 2. The maximum absolute atomic E-state index is 12.4. The van der Waals surface area contributed by atoms with E-state index in [2.05, 4.69) is 0 Å². The second-order valence-electron chi connectivity index (χ2n) is 5.89. The molecule has 0 aliphatic carbocycles. The van der Waals surface area contributed by atoms with E-state index in [1.165, 1.54) is 12.1 Å². The van der Waals surface area contributed by atoms with Gasteiger partial charge in [0.25, 0.3) is 15.9 Å².